The summed E-state index contributed by atoms with van der Waals surface area (Å²) in [7, 11) is 1.63. The van der Waals surface area contributed by atoms with Crippen LogP contribution in [0.25, 0.3) is 0 Å². The number of guanidine groups is 1. The van der Waals surface area contributed by atoms with Crippen molar-refractivity contribution < 1.29 is 104 Å². The smallest absolute Gasteiger partial charge is 0.317 e. The molecule has 22 atom stereocenters. The zero-order valence-electron chi connectivity index (χ0n) is 52.1. The number of aliphatic carboxylic acids is 2. The van der Waals surface area contributed by atoms with Gasteiger partial charge in [-0.3, -0.25) is 29.0 Å². The first-order chi connectivity index (χ1) is 40.3. The number of unbranched alkanes of at least 4 members (excludes halogenated alkanes) is 2. The number of allylic oxidation sites excluding steroid dienone is 4. The molecule has 2 heterocycles. The highest BCUT2D eigenvalue weighted by molar-refractivity contribution is 5.90. The third-order valence-electron chi connectivity index (χ3n) is 17.1. The van der Waals surface area contributed by atoms with Gasteiger partial charge in [-0.05, 0) is 95.3 Å². The van der Waals surface area contributed by atoms with Gasteiger partial charge in [0.1, 0.15) is 37.3 Å². The molecule has 0 aromatic carbocycles. The van der Waals surface area contributed by atoms with Crippen LogP contribution in [0.1, 0.15) is 171 Å². The molecule has 1 fully saturated rings. The number of rotatable bonds is 17. The van der Waals surface area contributed by atoms with Crippen molar-refractivity contribution in [1.82, 2.24) is 5.32 Å². The van der Waals surface area contributed by atoms with E-state index in [2.05, 4.69) is 29.4 Å². The topological polar surface area (TPSA) is 415 Å². The van der Waals surface area contributed by atoms with Crippen molar-refractivity contribution in [1.29, 1.82) is 0 Å². The Morgan fingerprint density at radius 1 is 0.744 bits per heavy atom. The van der Waals surface area contributed by atoms with Gasteiger partial charge in [0.15, 0.2) is 11.7 Å². The van der Waals surface area contributed by atoms with Crippen LogP contribution in [-0.2, 0) is 42.9 Å². The van der Waals surface area contributed by atoms with Gasteiger partial charge in [-0.2, -0.15) is 0 Å². The third kappa shape index (κ3) is 28.3. The molecule has 15 N–H and O–H groups in total. The maximum absolute atomic E-state index is 13.9. The molecule has 2 rings (SSSR count). The van der Waals surface area contributed by atoms with E-state index in [9.17, 15) is 85.3 Å². The summed E-state index contributed by atoms with van der Waals surface area (Å²) in [6, 6.07) is 0. The van der Waals surface area contributed by atoms with Crippen LogP contribution in [0.5, 0.6) is 0 Å². The average Bonchev–Trinajstić information content (AvgIpc) is 2.21. The number of aliphatic hydroxyl groups is 10. The van der Waals surface area contributed by atoms with Crippen LogP contribution in [0.3, 0.4) is 0 Å². The lowest BCUT2D eigenvalue weighted by Crippen LogP contribution is -2.60. The molecule has 2 aliphatic heterocycles. The Morgan fingerprint density at radius 3 is 1.99 bits per heavy atom. The van der Waals surface area contributed by atoms with Gasteiger partial charge in [-0.15, -0.1) is 0 Å². The maximum Gasteiger partial charge on any atom is 0.317 e. The second-order valence-corrected chi connectivity index (χ2v) is 24.7. The molecule has 0 saturated carbocycles. The molecule has 24 nitrogen and oxygen atoms in total. The largest absolute Gasteiger partial charge is 0.481 e. The minimum Gasteiger partial charge on any atom is -0.481 e. The van der Waals surface area contributed by atoms with Gasteiger partial charge in [0.25, 0.3) is 0 Å². The highest BCUT2D eigenvalue weighted by Crippen LogP contribution is 2.37. The lowest BCUT2D eigenvalue weighted by atomic mass is 9.79. The van der Waals surface area contributed by atoms with E-state index >= 15 is 0 Å². The highest BCUT2D eigenvalue weighted by atomic mass is 16.7. The van der Waals surface area contributed by atoms with Crippen LogP contribution in [0.2, 0.25) is 0 Å². The number of carboxylic acids is 2. The molecule has 0 aliphatic carbocycles. The van der Waals surface area contributed by atoms with E-state index in [0.29, 0.717) is 5.96 Å². The summed E-state index contributed by atoms with van der Waals surface area (Å²) in [6.07, 6.45) is -5.60. The fourth-order valence-electron chi connectivity index (χ4n) is 11.4. The summed E-state index contributed by atoms with van der Waals surface area (Å²) in [5.41, 5.74) is 5.69. The summed E-state index contributed by atoms with van der Waals surface area (Å²) >= 11 is 0. The number of nitrogens with two attached hydrogens (primary N) is 1. The summed E-state index contributed by atoms with van der Waals surface area (Å²) in [5, 5.41) is 135. The van der Waals surface area contributed by atoms with Gasteiger partial charge in [-0.1, -0.05) is 91.3 Å². The van der Waals surface area contributed by atoms with E-state index in [-0.39, 0.29) is 49.9 Å². The van der Waals surface area contributed by atoms with E-state index in [1.807, 2.05) is 19.9 Å². The Morgan fingerprint density at radius 2 is 1.36 bits per heavy atom. The molecule has 0 spiro atoms. The second-order valence-electron chi connectivity index (χ2n) is 24.7. The standard InChI is InChI=1S/C62H107N3O21/c1-35(19-14-12-10-11-13-17-26-65-61(63)64-9)27-38(4)58-37(3)20-15-16-22-47(68)39(5)50(71)29-44(67)28-45(83-54(76)32-52(72)73)30-46-31-51(84-55(77)33-53(74)75)59(80)62(82,86-46)34-43(66)21-18-23-48(69)40(6)57(79)42(8)56(78)36(2)24-25-49(70)41(7)60(81)85-58/h10-11,15-16,20,22,35-51,56-59,66-71,78-80,82H,12-14,17-19,21,23-34H2,1-9H3,(H,72,73)(H,74,75)(H3,63,64,65)/b11-10+,20-15+,22-16+. The van der Waals surface area contributed by atoms with E-state index < -0.39 is 190 Å². The molecule has 1 saturated heterocycles. The summed E-state index contributed by atoms with van der Waals surface area (Å²) in [6.45, 7) is 14.9. The normalized spacial score (nSPS) is 36.7. The molecular formula is C62H107N3O21. The molecule has 22 unspecified atom stereocenters. The Kier molecular flexibility index (Phi) is 35.5. The maximum atomic E-state index is 13.9. The quantitative estimate of drug-likeness (QED) is 0.0188. The lowest BCUT2D eigenvalue weighted by molar-refractivity contribution is -0.333. The number of carbonyl (C=O) groups excluding carboxylic acids is 3. The van der Waals surface area contributed by atoms with Gasteiger partial charge >= 0.3 is 29.8 Å². The predicted molar refractivity (Wildman–Crippen MR) is 318 cm³/mol. The van der Waals surface area contributed by atoms with E-state index in [1.54, 1.807) is 46.9 Å². The molecule has 0 radical (unpaired) electrons. The predicted octanol–water partition coefficient (Wildman–Crippen LogP) is 3.55. The summed E-state index contributed by atoms with van der Waals surface area (Å²) in [5.74, 6) is -12.7. The minimum absolute atomic E-state index is 0.0145. The number of aliphatic hydroxyl groups excluding tert-OH is 9. The van der Waals surface area contributed by atoms with Gasteiger partial charge in [-0.25, -0.2) is 0 Å². The second kappa shape index (κ2) is 39.4. The Bertz CT molecular complexity index is 2150. The third-order valence-corrected chi connectivity index (χ3v) is 17.1. The number of hydrogen-bond donors (Lipinski definition) is 14. The number of esters is 3. The number of hydrogen-bond acceptors (Lipinski definition) is 20. The van der Waals surface area contributed by atoms with Crippen molar-refractivity contribution in [2.75, 3.05) is 13.6 Å². The first-order valence-corrected chi connectivity index (χ1v) is 30.8. The number of nitrogens with one attached hydrogen (secondary N) is 1. The molecule has 2 bridgehead atoms. The van der Waals surface area contributed by atoms with Crippen LogP contribution >= 0.6 is 0 Å². The van der Waals surface area contributed by atoms with Crippen molar-refractivity contribution >= 4 is 35.8 Å². The van der Waals surface area contributed by atoms with Crippen molar-refractivity contribution in [3.63, 3.8) is 0 Å². The Labute approximate surface area is 507 Å². The highest BCUT2D eigenvalue weighted by Gasteiger charge is 2.52. The summed E-state index contributed by atoms with van der Waals surface area (Å²) < 4.78 is 22.9. The monoisotopic (exact) mass is 1230 g/mol. The Hall–Kier alpha value is -4.60. The molecule has 24 heteroatoms. The van der Waals surface area contributed by atoms with Gasteiger partial charge in [0.2, 0.25) is 0 Å². The van der Waals surface area contributed by atoms with E-state index in [1.165, 1.54) is 13.0 Å². The van der Waals surface area contributed by atoms with Crippen LogP contribution in [0.4, 0.5) is 0 Å². The summed E-state index contributed by atoms with van der Waals surface area (Å²) in [4.78, 5) is 66.1. The fraction of sp³-hybridized carbons (Fsp3) is 0.806. The van der Waals surface area contributed by atoms with Crippen LogP contribution in [0.15, 0.2) is 41.4 Å². The number of fused-ring (bicyclic) bond motifs is 2. The van der Waals surface area contributed by atoms with Gasteiger partial charge in [0, 0.05) is 62.9 Å². The number of carbonyl (C=O) groups is 5. The van der Waals surface area contributed by atoms with Crippen molar-refractivity contribution in [3.05, 3.63) is 36.5 Å². The Balaban J connectivity index is 2.51. The number of nitrogens with zero attached hydrogens (tertiary/aromatic N) is 1. The van der Waals surface area contributed by atoms with Crippen LogP contribution < -0.4 is 11.1 Å². The van der Waals surface area contributed by atoms with Gasteiger partial charge < -0.3 is 91.3 Å². The molecular weight excluding hydrogens is 1120 g/mol. The number of ether oxygens (including phenoxy) is 4. The molecule has 2 aliphatic rings. The molecule has 496 valence electrons. The zero-order valence-corrected chi connectivity index (χ0v) is 52.1. The molecule has 0 amide bonds. The van der Waals surface area contributed by atoms with Crippen molar-refractivity contribution in [2.24, 2.45) is 58.1 Å². The van der Waals surface area contributed by atoms with Gasteiger partial charge in [0.05, 0.1) is 60.9 Å². The molecule has 0 aromatic heterocycles. The van der Waals surface area contributed by atoms with Crippen LogP contribution in [0, 0.1) is 47.3 Å². The first-order valence-electron chi connectivity index (χ1n) is 30.8. The number of aliphatic imine (C=N–C) groups is 1. The van der Waals surface area contributed by atoms with Crippen LogP contribution in [-0.4, -0.2) is 196 Å². The van der Waals surface area contributed by atoms with Crippen molar-refractivity contribution in [3.8, 4) is 0 Å². The number of carboxylic acid groups (broad SMARTS) is 2. The van der Waals surface area contributed by atoms with E-state index in [0.717, 1.165) is 45.1 Å². The molecule has 86 heavy (non-hydrogen) atoms. The number of cyclic esters (lactones) is 1. The fourth-order valence-corrected chi connectivity index (χ4v) is 11.4. The van der Waals surface area contributed by atoms with E-state index in [4.69, 9.17) is 24.7 Å². The minimum atomic E-state index is -2.72. The van der Waals surface area contributed by atoms with Crippen molar-refractivity contribution in [2.45, 2.75) is 256 Å². The average molecular weight is 1230 g/mol. The lowest BCUT2D eigenvalue weighted by Gasteiger charge is -2.45. The SMILES string of the molecule is CN=C(N)NCCC/C=C/CCCC(C)CC(C)C1OC(=O)C(C)C(O)CCC(C)C(O)C(C)C(O)C(C)C(O)CCCC(O)CC2(O)OC(CC(OC(=O)CC(=O)O)CC(O)CC(O)C(C)C(O)/C=C/C=C/C1C)CC(OC(=O)CC(=O)O)C2O. The first kappa shape index (κ1) is 77.5. The zero-order chi connectivity index (χ0) is 65.0. The molecule has 0 aromatic rings.